The van der Waals surface area contributed by atoms with Crippen LogP contribution in [-0.4, -0.2) is 16.8 Å². The van der Waals surface area contributed by atoms with Crippen molar-refractivity contribution in [3.05, 3.63) is 0 Å². The molecular formula is B2F6. The molecule has 48 valence electrons. The molecule has 0 nitrogen and oxygen atoms in total. The summed E-state index contributed by atoms with van der Waals surface area (Å²) in [4.78, 5) is 0. The Labute approximate surface area is 46.4 Å². The maximum Gasteiger partial charge on any atom is 3.00 e. The zero-order valence-electron chi connectivity index (χ0n) is 3.42. The molecule has 0 N–H and O–H groups in total. The molecule has 0 aromatic carbocycles. The van der Waals surface area contributed by atoms with Crippen molar-refractivity contribution in [1.29, 1.82) is 0 Å². The zero-order valence-corrected chi connectivity index (χ0v) is 3.42. The van der Waals surface area contributed by atoms with Crippen LogP contribution < -0.4 is 28.2 Å². The van der Waals surface area contributed by atoms with Gasteiger partial charge in [0.15, 0.2) is 0 Å². The van der Waals surface area contributed by atoms with E-state index in [1.54, 1.807) is 0 Å². The third-order valence-corrected chi connectivity index (χ3v) is 0. The normalized spacial score (nSPS) is 0. The second kappa shape index (κ2) is 2600. The molecule has 8 heavy (non-hydrogen) atoms. The molecule has 0 aliphatic heterocycles. The van der Waals surface area contributed by atoms with Crippen LogP contribution in [0.5, 0.6) is 0 Å². The van der Waals surface area contributed by atoms with Crippen molar-refractivity contribution >= 4 is 16.8 Å². The second-order valence-electron chi connectivity index (χ2n) is 0. The smallest absolute Gasteiger partial charge is 1.00 e. The van der Waals surface area contributed by atoms with Gasteiger partial charge in [0, 0.05) is 0 Å². The topological polar surface area (TPSA) is 0 Å². The minimum Gasteiger partial charge on any atom is -1.00 e. The van der Waals surface area contributed by atoms with Crippen molar-refractivity contribution in [1.82, 2.24) is 0 Å². The van der Waals surface area contributed by atoms with Crippen molar-refractivity contribution in [2.45, 2.75) is 0 Å². The van der Waals surface area contributed by atoms with E-state index >= 15 is 0 Å². The zero-order chi connectivity index (χ0) is 0. The quantitative estimate of drug-likeness (QED) is 0.229. The van der Waals surface area contributed by atoms with Gasteiger partial charge in [0.1, 0.15) is 0 Å². The van der Waals surface area contributed by atoms with E-state index in [1.807, 2.05) is 0 Å². The molecule has 0 aromatic rings. The van der Waals surface area contributed by atoms with E-state index in [1.165, 1.54) is 0 Å². The standard InChI is InChI=1S/2B.6FH/h;;6*1H/q2*+3;;;;;;/p-6. The van der Waals surface area contributed by atoms with Crippen LogP contribution in [0.3, 0.4) is 0 Å². The van der Waals surface area contributed by atoms with Crippen LogP contribution in [0.2, 0.25) is 0 Å². The summed E-state index contributed by atoms with van der Waals surface area (Å²) in [5.41, 5.74) is 0. The van der Waals surface area contributed by atoms with Crippen LogP contribution in [-0.2, 0) is 0 Å². The monoisotopic (exact) mass is 136 g/mol. The molecule has 0 amide bonds. The maximum absolute atomic E-state index is 0. The van der Waals surface area contributed by atoms with Crippen LogP contribution in [0.15, 0.2) is 0 Å². The average molecular weight is 136 g/mol. The van der Waals surface area contributed by atoms with E-state index in [-0.39, 0.29) is 45.1 Å². The van der Waals surface area contributed by atoms with Crippen LogP contribution in [0.25, 0.3) is 0 Å². The second-order valence-corrected chi connectivity index (χ2v) is 0. The van der Waals surface area contributed by atoms with E-state index in [0.29, 0.717) is 0 Å². The summed E-state index contributed by atoms with van der Waals surface area (Å²) in [6.45, 7) is 0. The molecule has 0 spiro atoms. The van der Waals surface area contributed by atoms with E-state index < -0.39 is 0 Å². The molecule has 0 aromatic heterocycles. The summed E-state index contributed by atoms with van der Waals surface area (Å²) in [5.74, 6) is 0. The first-order valence-corrected chi connectivity index (χ1v) is 0. The Kier molecular flexibility index (Phi) is 1340000. The van der Waals surface area contributed by atoms with Crippen LogP contribution in [0.4, 0.5) is 0 Å². The van der Waals surface area contributed by atoms with Crippen molar-refractivity contribution < 1.29 is 28.2 Å². The van der Waals surface area contributed by atoms with Gasteiger partial charge < -0.3 is 28.2 Å². The van der Waals surface area contributed by atoms with E-state index in [9.17, 15) is 0 Å². The Bertz CT molecular complexity index is 6.49. The number of hydrogen-bond donors (Lipinski definition) is 0. The maximum atomic E-state index is 0. The fourth-order valence-electron chi connectivity index (χ4n) is 0. The molecule has 0 aliphatic carbocycles. The van der Waals surface area contributed by atoms with Crippen molar-refractivity contribution in [2.24, 2.45) is 0 Å². The predicted octanol–water partition coefficient (Wildman–Crippen LogP) is -18.7. The first-order valence-electron chi connectivity index (χ1n) is 0. The van der Waals surface area contributed by atoms with E-state index in [4.69, 9.17) is 0 Å². The molecule has 0 aliphatic rings. The van der Waals surface area contributed by atoms with Crippen LogP contribution >= 0.6 is 0 Å². The Morgan fingerprint density at radius 2 is 0.250 bits per heavy atom. The fourth-order valence-corrected chi connectivity index (χ4v) is 0. The summed E-state index contributed by atoms with van der Waals surface area (Å²) < 4.78 is 0. The number of halogens is 6. The van der Waals surface area contributed by atoms with Gasteiger partial charge >= 0.3 is 16.8 Å². The largest absolute Gasteiger partial charge is 3.00 e. The van der Waals surface area contributed by atoms with Gasteiger partial charge in [0.2, 0.25) is 0 Å². The van der Waals surface area contributed by atoms with Crippen molar-refractivity contribution in [2.75, 3.05) is 0 Å². The predicted molar refractivity (Wildman–Crippen MR) is 11.5 cm³/mol. The summed E-state index contributed by atoms with van der Waals surface area (Å²) in [5, 5.41) is 0. The molecule has 0 bridgehead atoms. The minimum atomic E-state index is 0. The average Bonchev–Trinajstić information content (AvgIpc) is 0. The Balaban J connectivity index is 0. The molecule has 0 atom stereocenters. The number of rotatable bonds is 0. The SMILES string of the molecule is [B+3].[B+3].[F-].[F-].[F-].[F-].[F-].[F-]. The van der Waals surface area contributed by atoms with E-state index in [2.05, 4.69) is 0 Å². The Morgan fingerprint density at radius 1 is 0.250 bits per heavy atom. The van der Waals surface area contributed by atoms with Gasteiger partial charge in [-0.3, -0.25) is 0 Å². The first kappa shape index (κ1) is 4120. The van der Waals surface area contributed by atoms with Crippen LogP contribution in [0.1, 0.15) is 0 Å². The molecule has 0 saturated heterocycles. The Hall–Kier alpha value is -0.290. The van der Waals surface area contributed by atoms with Gasteiger partial charge in [-0.1, -0.05) is 0 Å². The van der Waals surface area contributed by atoms with Gasteiger partial charge in [0.05, 0.1) is 0 Å². The molecule has 0 heterocycles. The summed E-state index contributed by atoms with van der Waals surface area (Å²) in [7, 11) is 0. The number of hydrogen-bond acceptors (Lipinski definition) is 0. The summed E-state index contributed by atoms with van der Waals surface area (Å²) in [6.07, 6.45) is 0. The molecule has 0 rings (SSSR count). The van der Waals surface area contributed by atoms with Crippen LogP contribution in [0, 0.1) is 0 Å². The fraction of sp³-hybridized carbons (Fsp3) is 0. The molecule has 8 heteroatoms. The first-order chi connectivity index (χ1) is 0. The molecule has 0 unspecified atom stereocenters. The van der Waals surface area contributed by atoms with E-state index in [0.717, 1.165) is 0 Å². The van der Waals surface area contributed by atoms with Crippen molar-refractivity contribution in [3.8, 4) is 0 Å². The molecular weight excluding hydrogens is 136 g/mol. The molecule has 0 radical (unpaired) electrons. The summed E-state index contributed by atoms with van der Waals surface area (Å²) >= 11 is 0. The van der Waals surface area contributed by atoms with Gasteiger partial charge in [-0.2, -0.15) is 0 Å². The third kappa shape index (κ3) is 1500. The molecule has 0 fully saturated rings. The van der Waals surface area contributed by atoms with Gasteiger partial charge in [0.25, 0.3) is 0 Å². The minimum absolute atomic E-state index is 0. The Morgan fingerprint density at radius 3 is 0.250 bits per heavy atom. The van der Waals surface area contributed by atoms with Gasteiger partial charge in [-0.15, -0.1) is 0 Å². The summed E-state index contributed by atoms with van der Waals surface area (Å²) in [6, 6.07) is 0. The van der Waals surface area contributed by atoms with Gasteiger partial charge in [-0.25, -0.2) is 0 Å². The van der Waals surface area contributed by atoms with Gasteiger partial charge in [-0.05, 0) is 0 Å². The third-order valence-electron chi connectivity index (χ3n) is 0. The molecule has 0 saturated carbocycles. The van der Waals surface area contributed by atoms with Crippen molar-refractivity contribution in [3.63, 3.8) is 0 Å².